The van der Waals surface area contributed by atoms with Gasteiger partial charge in [-0.3, -0.25) is 9.59 Å². The van der Waals surface area contributed by atoms with Crippen LogP contribution in [0, 0.1) is 0 Å². The SMILES string of the molecule is CC(=O)OC(C)=O.CCC/C=C(\O)C(=O)O. The van der Waals surface area contributed by atoms with Crippen LogP contribution in [-0.4, -0.2) is 28.1 Å². The lowest BCUT2D eigenvalue weighted by Gasteiger charge is -1.88. The zero-order valence-electron chi connectivity index (χ0n) is 9.52. The largest absolute Gasteiger partial charge is 0.502 e. The molecule has 0 aromatic carbocycles. The summed E-state index contributed by atoms with van der Waals surface area (Å²) < 4.78 is 3.97. The average Bonchev–Trinajstić information content (AvgIpc) is 2.12. The molecule has 6 nitrogen and oxygen atoms in total. The third-order valence-corrected chi connectivity index (χ3v) is 1.13. The Balaban J connectivity index is 0. The molecule has 0 aromatic heterocycles. The van der Waals surface area contributed by atoms with Gasteiger partial charge < -0.3 is 14.9 Å². The number of esters is 2. The first-order valence-electron chi connectivity index (χ1n) is 4.62. The van der Waals surface area contributed by atoms with E-state index in [1.54, 1.807) is 0 Å². The van der Waals surface area contributed by atoms with E-state index in [1.165, 1.54) is 19.9 Å². The van der Waals surface area contributed by atoms with Crippen LogP contribution in [0.4, 0.5) is 0 Å². The van der Waals surface area contributed by atoms with Crippen molar-refractivity contribution in [1.82, 2.24) is 0 Å². The molecule has 6 heteroatoms. The Kier molecular flexibility index (Phi) is 10.0. The molecule has 0 unspecified atom stereocenters. The fourth-order valence-electron chi connectivity index (χ4n) is 0.571. The van der Waals surface area contributed by atoms with Gasteiger partial charge in [-0.25, -0.2) is 4.79 Å². The maximum atomic E-state index is 9.89. The zero-order valence-corrected chi connectivity index (χ0v) is 9.52. The molecular formula is C10H16O6. The normalized spacial score (nSPS) is 9.81. The van der Waals surface area contributed by atoms with E-state index >= 15 is 0 Å². The third kappa shape index (κ3) is 14.7. The van der Waals surface area contributed by atoms with Crippen molar-refractivity contribution in [2.45, 2.75) is 33.6 Å². The van der Waals surface area contributed by atoms with E-state index in [0.29, 0.717) is 6.42 Å². The molecule has 0 aliphatic rings. The summed E-state index contributed by atoms with van der Waals surface area (Å²) in [5, 5.41) is 16.6. The number of carbonyl (C=O) groups excluding carboxylic acids is 2. The Morgan fingerprint density at radius 1 is 1.12 bits per heavy atom. The highest BCUT2D eigenvalue weighted by atomic mass is 16.6. The topological polar surface area (TPSA) is 101 Å². The van der Waals surface area contributed by atoms with E-state index in [1.807, 2.05) is 6.92 Å². The number of aliphatic hydroxyl groups is 1. The summed E-state index contributed by atoms with van der Waals surface area (Å²) in [4.78, 5) is 29.5. The van der Waals surface area contributed by atoms with Gasteiger partial charge in [-0.15, -0.1) is 0 Å². The Labute approximate surface area is 93.5 Å². The van der Waals surface area contributed by atoms with E-state index in [9.17, 15) is 14.4 Å². The van der Waals surface area contributed by atoms with E-state index in [2.05, 4.69) is 4.74 Å². The van der Waals surface area contributed by atoms with Crippen LogP contribution in [0.2, 0.25) is 0 Å². The average molecular weight is 232 g/mol. The lowest BCUT2D eigenvalue weighted by atomic mass is 10.3. The smallest absolute Gasteiger partial charge is 0.370 e. The van der Waals surface area contributed by atoms with Crippen molar-refractivity contribution >= 4 is 17.9 Å². The second-order valence-electron chi connectivity index (χ2n) is 2.77. The fourth-order valence-corrected chi connectivity index (χ4v) is 0.571. The second-order valence-corrected chi connectivity index (χ2v) is 2.77. The molecule has 0 atom stereocenters. The maximum absolute atomic E-state index is 9.89. The van der Waals surface area contributed by atoms with Crippen molar-refractivity contribution in [3.63, 3.8) is 0 Å². The van der Waals surface area contributed by atoms with Gasteiger partial charge >= 0.3 is 17.9 Å². The predicted octanol–water partition coefficient (Wildman–Crippen LogP) is 1.41. The maximum Gasteiger partial charge on any atom is 0.370 e. The summed E-state index contributed by atoms with van der Waals surface area (Å²) in [7, 11) is 0. The van der Waals surface area contributed by atoms with E-state index in [0.717, 1.165) is 6.42 Å². The van der Waals surface area contributed by atoms with Crippen molar-refractivity contribution in [1.29, 1.82) is 0 Å². The van der Waals surface area contributed by atoms with Crippen LogP contribution in [0.5, 0.6) is 0 Å². The summed E-state index contributed by atoms with van der Waals surface area (Å²) in [6, 6.07) is 0. The minimum atomic E-state index is -1.26. The van der Waals surface area contributed by atoms with E-state index in [4.69, 9.17) is 10.2 Å². The van der Waals surface area contributed by atoms with Gasteiger partial charge in [0.25, 0.3) is 0 Å². The fraction of sp³-hybridized carbons (Fsp3) is 0.500. The molecule has 0 saturated carbocycles. The van der Waals surface area contributed by atoms with Gasteiger partial charge in [-0.1, -0.05) is 13.3 Å². The molecule has 0 bridgehead atoms. The summed E-state index contributed by atoms with van der Waals surface area (Å²) in [6.45, 7) is 4.27. The monoisotopic (exact) mass is 232 g/mol. The molecule has 0 spiro atoms. The first kappa shape index (κ1) is 16.6. The summed E-state index contributed by atoms with van der Waals surface area (Å²) in [5.41, 5.74) is 0. The van der Waals surface area contributed by atoms with Gasteiger partial charge in [-0.2, -0.15) is 0 Å². The Morgan fingerprint density at radius 3 is 1.75 bits per heavy atom. The number of aliphatic carboxylic acids is 1. The number of allylic oxidation sites excluding steroid dienone is 1. The summed E-state index contributed by atoms with van der Waals surface area (Å²) in [5.74, 6) is -2.94. The van der Waals surface area contributed by atoms with Crippen LogP contribution >= 0.6 is 0 Å². The van der Waals surface area contributed by atoms with Crippen LogP contribution < -0.4 is 0 Å². The first-order valence-corrected chi connectivity index (χ1v) is 4.62. The molecule has 92 valence electrons. The van der Waals surface area contributed by atoms with Crippen molar-refractivity contribution in [3.8, 4) is 0 Å². The van der Waals surface area contributed by atoms with Crippen LogP contribution in [0.25, 0.3) is 0 Å². The number of carboxylic acids is 1. The molecule has 0 aliphatic heterocycles. The molecule has 0 fully saturated rings. The summed E-state index contributed by atoms with van der Waals surface area (Å²) in [6.07, 6.45) is 2.75. The van der Waals surface area contributed by atoms with E-state index < -0.39 is 23.7 Å². The molecule has 0 rings (SSSR count). The number of hydrogen-bond donors (Lipinski definition) is 2. The van der Waals surface area contributed by atoms with Crippen molar-refractivity contribution in [3.05, 3.63) is 11.8 Å². The molecule has 16 heavy (non-hydrogen) atoms. The highest BCUT2D eigenvalue weighted by Crippen LogP contribution is 1.94. The quantitative estimate of drug-likeness (QED) is 0.330. The Hall–Kier alpha value is -1.85. The molecule has 0 aliphatic carbocycles. The molecule has 2 N–H and O–H groups in total. The molecule has 0 radical (unpaired) electrons. The lowest BCUT2D eigenvalue weighted by molar-refractivity contribution is -0.156. The molecule has 0 heterocycles. The van der Waals surface area contributed by atoms with Crippen molar-refractivity contribution in [2.24, 2.45) is 0 Å². The molecule has 0 amide bonds. The number of unbranched alkanes of at least 4 members (excludes halogenated alkanes) is 1. The minimum Gasteiger partial charge on any atom is -0.502 e. The van der Waals surface area contributed by atoms with Crippen LogP contribution in [0.15, 0.2) is 11.8 Å². The molecule has 0 aromatic rings. The molecular weight excluding hydrogens is 216 g/mol. The standard InChI is InChI=1S/C6H10O3.C4H6O3/c1-2-3-4-5(7)6(8)9;1-3(5)7-4(2)6/h4,7H,2-3H2,1H3,(H,8,9);1-2H3/b5-4-;. The van der Waals surface area contributed by atoms with Crippen LogP contribution in [0.1, 0.15) is 33.6 Å². The number of ether oxygens (including phenoxy) is 1. The van der Waals surface area contributed by atoms with Gasteiger partial charge in [0, 0.05) is 13.8 Å². The summed E-state index contributed by atoms with van der Waals surface area (Å²) >= 11 is 0. The molecule has 0 saturated heterocycles. The zero-order chi connectivity index (χ0) is 13.1. The Bertz CT molecular complexity index is 267. The van der Waals surface area contributed by atoms with Gasteiger partial charge in [-0.05, 0) is 12.5 Å². The number of aliphatic hydroxyl groups excluding tert-OH is 1. The highest BCUT2D eigenvalue weighted by Gasteiger charge is 2.00. The number of rotatable bonds is 3. The lowest BCUT2D eigenvalue weighted by Crippen LogP contribution is -2.03. The number of carbonyl (C=O) groups is 3. The predicted molar refractivity (Wildman–Crippen MR) is 55.7 cm³/mol. The number of carboxylic acid groups (broad SMARTS) is 1. The number of hydrogen-bond acceptors (Lipinski definition) is 5. The van der Waals surface area contributed by atoms with Crippen LogP contribution in [-0.2, 0) is 19.1 Å². The van der Waals surface area contributed by atoms with Gasteiger partial charge in [0.15, 0.2) is 5.76 Å². The minimum absolute atomic E-state index is 0.558. The second kappa shape index (κ2) is 9.70. The van der Waals surface area contributed by atoms with Gasteiger partial charge in [0.2, 0.25) is 0 Å². The van der Waals surface area contributed by atoms with Crippen LogP contribution in [0.3, 0.4) is 0 Å². The van der Waals surface area contributed by atoms with Gasteiger partial charge in [0.1, 0.15) is 0 Å². The van der Waals surface area contributed by atoms with Crippen molar-refractivity contribution in [2.75, 3.05) is 0 Å². The van der Waals surface area contributed by atoms with Crippen molar-refractivity contribution < 1.29 is 29.3 Å². The first-order chi connectivity index (χ1) is 7.31. The Morgan fingerprint density at radius 2 is 1.56 bits per heavy atom. The van der Waals surface area contributed by atoms with E-state index in [-0.39, 0.29) is 0 Å². The third-order valence-electron chi connectivity index (χ3n) is 1.13. The van der Waals surface area contributed by atoms with Gasteiger partial charge in [0.05, 0.1) is 0 Å². The highest BCUT2D eigenvalue weighted by molar-refractivity contribution is 5.83.